The Labute approximate surface area is 165 Å². The fourth-order valence-electron chi connectivity index (χ4n) is 3.58. The predicted octanol–water partition coefficient (Wildman–Crippen LogP) is 4.61. The molecular weight excluding hydrogens is 370 g/mol. The minimum Gasteiger partial charge on any atom is -0.497 e. The monoisotopic (exact) mass is 387 g/mol. The van der Waals surface area contributed by atoms with Gasteiger partial charge in [-0.05, 0) is 64.4 Å². The quantitative estimate of drug-likeness (QED) is 0.454. The Balaban J connectivity index is 1.87. The SMILES string of the molecule is COc1ccc(-n2c(=O)n(C)c3cnc4ccc(-c5ccsc5)cc4c32)cc1. The van der Waals surface area contributed by atoms with Crippen molar-refractivity contribution in [3.05, 3.63) is 76.0 Å². The third kappa shape index (κ3) is 2.46. The molecule has 2 aromatic carbocycles. The van der Waals surface area contributed by atoms with Crippen LogP contribution in [0.1, 0.15) is 0 Å². The minimum atomic E-state index is -0.101. The molecule has 0 radical (unpaired) electrons. The first-order valence-corrected chi connectivity index (χ1v) is 9.79. The zero-order chi connectivity index (χ0) is 19.3. The van der Waals surface area contributed by atoms with Gasteiger partial charge in [-0.2, -0.15) is 11.3 Å². The van der Waals surface area contributed by atoms with Crippen LogP contribution in [0.2, 0.25) is 0 Å². The van der Waals surface area contributed by atoms with Gasteiger partial charge in [0.1, 0.15) is 5.75 Å². The molecule has 6 heteroatoms. The molecule has 0 saturated carbocycles. The minimum absolute atomic E-state index is 0.101. The van der Waals surface area contributed by atoms with Gasteiger partial charge in [0.15, 0.2) is 0 Å². The number of ether oxygens (including phenoxy) is 1. The molecule has 138 valence electrons. The van der Waals surface area contributed by atoms with Crippen molar-refractivity contribution in [2.75, 3.05) is 7.11 Å². The Morgan fingerprint density at radius 1 is 1.04 bits per heavy atom. The van der Waals surface area contributed by atoms with E-state index in [1.807, 2.05) is 30.3 Å². The average molecular weight is 387 g/mol. The molecule has 0 spiro atoms. The van der Waals surface area contributed by atoms with Gasteiger partial charge >= 0.3 is 5.69 Å². The standard InChI is InChI=1S/C22H17N3O2S/c1-24-20-12-23-19-8-3-14(15-9-10-28-13-15)11-18(19)21(20)25(22(24)26)16-4-6-17(27-2)7-5-16/h3-13H,1-2H3. The van der Waals surface area contributed by atoms with Crippen LogP contribution in [0.4, 0.5) is 0 Å². The zero-order valence-electron chi connectivity index (χ0n) is 15.4. The lowest BCUT2D eigenvalue weighted by atomic mass is 10.1. The lowest BCUT2D eigenvalue weighted by Crippen LogP contribution is -2.20. The Bertz CT molecular complexity index is 1360. The first-order valence-electron chi connectivity index (χ1n) is 8.84. The van der Waals surface area contributed by atoms with Crippen LogP contribution < -0.4 is 10.4 Å². The topological polar surface area (TPSA) is 49.0 Å². The molecule has 0 saturated heterocycles. The van der Waals surface area contributed by atoms with Gasteiger partial charge in [-0.25, -0.2) is 4.79 Å². The maximum atomic E-state index is 13.1. The molecule has 5 rings (SSSR count). The van der Waals surface area contributed by atoms with Crippen LogP contribution in [0, 0.1) is 0 Å². The van der Waals surface area contributed by atoms with Crippen LogP contribution >= 0.6 is 11.3 Å². The summed E-state index contributed by atoms with van der Waals surface area (Å²) in [5.74, 6) is 0.753. The number of thiophene rings is 1. The molecule has 0 amide bonds. The predicted molar refractivity (Wildman–Crippen MR) is 114 cm³/mol. The highest BCUT2D eigenvalue weighted by Gasteiger charge is 2.16. The number of imidazole rings is 1. The fourth-order valence-corrected chi connectivity index (χ4v) is 4.24. The lowest BCUT2D eigenvalue weighted by Gasteiger charge is -2.08. The van der Waals surface area contributed by atoms with Crippen LogP contribution in [0.15, 0.2) is 70.3 Å². The Hall–Kier alpha value is -3.38. The summed E-state index contributed by atoms with van der Waals surface area (Å²) in [6.07, 6.45) is 1.77. The van der Waals surface area contributed by atoms with Crippen LogP contribution in [0.25, 0.3) is 38.8 Å². The normalized spacial score (nSPS) is 11.4. The molecule has 0 atom stereocenters. The van der Waals surface area contributed by atoms with Gasteiger partial charge in [0.2, 0.25) is 0 Å². The van der Waals surface area contributed by atoms with Crippen molar-refractivity contribution < 1.29 is 4.74 Å². The largest absolute Gasteiger partial charge is 0.497 e. The van der Waals surface area contributed by atoms with Crippen molar-refractivity contribution in [1.29, 1.82) is 0 Å². The summed E-state index contributed by atoms with van der Waals surface area (Å²) in [6, 6.07) is 15.8. The molecule has 28 heavy (non-hydrogen) atoms. The summed E-state index contributed by atoms with van der Waals surface area (Å²) in [5.41, 5.74) is 5.49. The third-order valence-corrected chi connectivity index (χ3v) is 5.75. The first-order chi connectivity index (χ1) is 13.7. The van der Waals surface area contributed by atoms with E-state index in [0.29, 0.717) is 0 Å². The molecule has 0 aliphatic rings. The summed E-state index contributed by atoms with van der Waals surface area (Å²) in [5, 5.41) is 5.14. The number of hydrogen-bond acceptors (Lipinski definition) is 4. The van der Waals surface area contributed by atoms with Crippen molar-refractivity contribution in [3.8, 4) is 22.6 Å². The molecule has 0 aliphatic heterocycles. The molecule has 0 fully saturated rings. The van der Waals surface area contributed by atoms with E-state index < -0.39 is 0 Å². The number of fused-ring (bicyclic) bond motifs is 3. The van der Waals surface area contributed by atoms with E-state index in [1.54, 1.807) is 40.8 Å². The number of aryl methyl sites for hydroxylation is 1. The number of rotatable bonds is 3. The molecule has 0 unspecified atom stereocenters. The van der Waals surface area contributed by atoms with Crippen LogP contribution in [-0.2, 0) is 7.05 Å². The molecule has 5 nitrogen and oxygen atoms in total. The number of methoxy groups -OCH3 is 1. The number of pyridine rings is 1. The second-order valence-electron chi connectivity index (χ2n) is 6.61. The van der Waals surface area contributed by atoms with Crippen molar-refractivity contribution in [2.45, 2.75) is 0 Å². The molecule has 3 aromatic heterocycles. The molecule has 0 aliphatic carbocycles. The van der Waals surface area contributed by atoms with E-state index in [-0.39, 0.29) is 5.69 Å². The molecule has 3 heterocycles. The van der Waals surface area contributed by atoms with E-state index in [0.717, 1.165) is 44.5 Å². The number of benzene rings is 2. The zero-order valence-corrected chi connectivity index (χ0v) is 16.2. The van der Waals surface area contributed by atoms with Gasteiger partial charge in [-0.3, -0.25) is 14.1 Å². The first kappa shape index (κ1) is 16.8. The lowest BCUT2D eigenvalue weighted by molar-refractivity contribution is 0.414. The Morgan fingerprint density at radius 3 is 2.57 bits per heavy atom. The second-order valence-corrected chi connectivity index (χ2v) is 7.39. The smallest absolute Gasteiger partial charge is 0.333 e. The summed E-state index contributed by atoms with van der Waals surface area (Å²) in [7, 11) is 3.41. The van der Waals surface area contributed by atoms with Gasteiger partial charge in [0.25, 0.3) is 0 Å². The molecular formula is C22H17N3O2S. The maximum absolute atomic E-state index is 13.1. The van der Waals surface area contributed by atoms with Crippen molar-refractivity contribution in [2.24, 2.45) is 7.05 Å². The van der Waals surface area contributed by atoms with Gasteiger partial charge in [0, 0.05) is 12.4 Å². The number of nitrogens with zero attached hydrogens (tertiary/aromatic N) is 3. The van der Waals surface area contributed by atoms with Crippen LogP contribution in [0.5, 0.6) is 5.75 Å². The van der Waals surface area contributed by atoms with Crippen LogP contribution in [-0.4, -0.2) is 21.2 Å². The van der Waals surface area contributed by atoms with Crippen molar-refractivity contribution in [1.82, 2.24) is 14.1 Å². The van der Waals surface area contributed by atoms with Crippen molar-refractivity contribution in [3.63, 3.8) is 0 Å². The number of hydrogen-bond donors (Lipinski definition) is 0. The molecule has 0 bridgehead atoms. The summed E-state index contributed by atoms with van der Waals surface area (Å²) < 4.78 is 8.64. The summed E-state index contributed by atoms with van der Waals surface area (Å²) in [4.78, 5) is 17.6. The summed E-state index contributed by atoms with van der Waals surface area (Å²) >= 11 is 1.67. The number of aromatic nitrogens is 3. The highest BCUT2D eigenvalue weighted by Crippen LogP contribution is 2.30. The maximum Gasteiger partial charge on any atom is 0.333 e. The van der Waals surface area contributed by atoms with E-state index >= 15 is 0 Å². The van der Waals surface area contributed by atoms with E-state index in [1.165, 1.54) is 0 Å². The highest BCUT2D eigenvalue weighted by atomic mass is 32.1. The van der Waals surface area contributed by atoms with Crippen LogP contribution in [0.3, 0.4) is 0 Å². The Kier molecular flexibility index (Phi) is 3.80. The van der Waals surface area contributed by atoms with Gasteiger partial charge in [-0.15, -0.1) is 0 Å². The summed E-state index contributed by atoms with van der Waals surface area (Å²) in [6.45, 7) is 0. The van der Waals surface area contributed by atoms with E-state index in [4.69, 9.17) is 4.74 Å². The van der Waals surface area contributed by atoms with Gasteiger partial charge in [-0.1, -0.05) is 6.07 Å². The van der Waals surface area contributed by atoms with Crippen molar-refractivity contribution >= 4 is 33.3 Å². The second kappa shape index (κ2) is 6.35. The highest BCUT2D eigenvalue weighted by molar-refractivity contribution is 7.08. The Morgan fingerprint density at radius 2 is 1.86 bits per heavy atom. The fraction of sp³-hybridized carbons (Fsp3) is 0.0909. The molecule has 0 N–H and O–H groups in total. The van der Waals surface area contributed by atoms with Gasteiger partial charge in [0.05, 0.1) is 35.5 Å². The van der Waals surface area contributed by atoms with E-state index in [9.17, 15) is 4.79 Å². The molecule has 5 aromatic rings. The van der Waals surface area contributed by atoms with Gasteiger partial charge < -0.3 is 4.74 Å². The average Bonchev–Trinajstić information content (AvgIpc) is 3.36. The van der Waals surface area contributed by atoms with E-state index in [2.05, 4.69) is 33.9 Å². The third-order valence-electron chi connectivity index (χ3n) is 5.07.